The minimum absolute atomic E-state index is 0.366. The summed E-state index contributed by atoms with van der Waals surface area (Å²) >= 11 is 0. The zero-order chi connectivity index (χ0) is 16.9. The molecule has 0 aliphatic carbocycles. The summed E-state index contributed by atoms with van der Waals surface area (Å²) in [7, 11) is 0. The van der Waals surface area contributed by atoms with Crippen molar-refractivity contribution in [1.29, 1.82) is 0 Å². The van der Waals surface area contributed by atoms with E-state index in [0.717, 1.165) is 13.3 Å². The highest BCUT2D eigenvalue weighted by Crippen LogP contribution is 2.10. The molecular formula is C19H38O3. The number of unbranched alkanes of at least 4 members (excludes halogenated alkanes) is 11. The minimum Gasteiger partial charge on any atom is -0.481 e. The molecule has 0 rings (SSSR count). The highest BCUT2D eigenvalue weighted by atomic mass is 16.4. The number of hydrogen-bond acceptors (Lipinski definition) is 2. The quantitative estimate of drug-likeness (QED) is 0.318. The summed E-state index contributed by atoms with van der Waals surface area (Å²) in [5.41, 5.74) is 0. The van der Waals surface area contributed by atoms with Crippen LogP contribution < -0.4 is 0 Å². The van der Waals surface area contributed by atoms with Gasteiger partial charge in [0.05, 0.1) is 0 Å². The summed E-state index contributed by atoms with van der Waals surface area (Å²) in [6.45, 7) is 3.71. The van der Waals surface area contributed by atoms with Gasteiger partial charge in [0.15, 0.2) is 0 Å². The molecule has 0 saturated heterocycles. The van der Waals surface area contributed by atoms with Crippen molar-refractivity contribution in [3.05, 3.63) is 12.2 Å². The van der Waals surface area contributed by atoms with Crippen LogP contribution in [-0.2, 0) is 4.79 Å². The number of carboxylic acids is 1. The lowest BCUT2D eigenvalue weighted by Crippen LogP contribution is -1.84. The highest BCUT2D eigenvalue weighted by molar-refractivity contribution is 5.62. The van der Waals surface area contributed by atoms with Gasteiger partial charge in [-0.2, -0.15) is 0 Å². The largest absolute Gasteiger partial charge is 0.481 e. The SMILES string of the molecule is CC(=O)O.CCCCCC=CCCCCCCCCCCO. The fraction of sp³-hybridized carbons (Fsp3) is 0.842. The van der Waals surface area contributed by atoms with E-state index in [-0.39, 0.29) is 0 Å². The van der Waals surface area contributed by atoms with Gasteiger partial charge < -0.3 is 10.2 Å². The first kappa shape index (κ1) is 23.4. The molecule has 0 bridgehead atoms. The maximum Gasteiger partial charge on any atom is 0.300 e. The summed E-state index contributed by atoms with van der Waals surface area (Å²) in [6, 6.07) is 0. The first-order chi connectivity index (χ1) is 10.6. The number of rotatable bonds is 14. The molecule has 0 radical (unpaired) electrons. The second kappa shape index (κ2) is 22.5. The second-order valence-corrected chi connectivity index (χ2v) is 5.83. The van der Waals surface area contributed by atoms with Gasteiger partial charge in [-0.1, -0.05) is 70.4 Å². The molecule has 0 fully saturated rings. The molecule has 0 amide bonds. The number of aliphatic hydroxyl groups excluding tert-OH is 1. The number of carbonyl (C=O) groups is 1. The van der Waals surface area contributed by atoms with Crippen molar-refractivity contribution in [2.75, 3.05) is 6.61 Å². The average Bonchev–Trinajstić information content (AvgIpc) is 2.47. The zero-order valence-corrected chi connectivity index (χ0v) is 14.9. The summed E-state index contributed by atoms with van der Waals surface area (Å²) < 4.78 is 0. The van der Waals surface area contributed by atoms with Crippen molar-refractivity contribution in [2.24, 2.45) is 0 Å². The van der Waals surface area contributed by atoms with Gasteiger partial charge in [-0.15, -0.1) is 0 Å². The first-order valence-corrected chi connectivity index (χ1v) is 9.10. The zero-order valence-electron chi connectivity index (χ0n) is 14.9. The molecule has 0 aromatic carbocycles. The third-order valence-corrected chi connectivity index (χ3v) is 3.42. The van der Waals surface area contributed by atoms with Crippen LogP contribution in [0.5, 0.6) is 0 Å². The molecule has 0 aliphatic rings. The fourth-order valence-electron chi connectivity index (χ4n) is 2.18. The maximum atomic E-state index is 9.00. The van der Waals surface area contributed by atoms with Crippen LogP contribution in [0.3, 0.4) is 0 Å². The van der Waals surface area contributed by atoms with Crippen LogP contribution in [0.15, 0.2) is 12.2 Å². The van der Waals surface area contributed by atoms with E-state index in [4.69, 9.17) is 15.0 Å². The Morgan fingerprint density at radius 2 is 1.14 bits per heavy atom. The van der Waals surface area contributed by atoms with Gasteiger partial charge in [0, 0.05) is 13.5 Å². The Bertz CT molecular complexity index is 233. The first-order valence-electron chi connectivity index (χ1n) is 9.10. The fourth-order valence-corrected chi connectivity index (χ4v) is 2.18. The monoisotopic (exact) mass is 314 g/mol. The number of hydrogen-bond donors (Lipinski definition) is 2. The lowest BCUT2D eigenvalue weighted by molar-refractivity contribution is -0.134. The minimum atomic E-state index is -0.833. The molecule has 2 N–H and O–H groups in total. The van der Waals surface area contributed by atoms with Crippen molar-refractivity contribution in [1.82, 2.24) is 0 Å². The number of allylic oxidation sites excluding steroid dienone is 2. The van der Waals surface area contributed by atoms with Gasteiger partial charge in [-0.05, 0) is 32.1 Å². The van der Waals surface area contributed by atoms with Crippen LogP contribution in [0.2, 0.25) is 0 Å². The van der Waals surface area contributed by atoms with E-state index in [1.807, 2.05) is 0 Å². The van der Waals surface area contributed by atoms with Crippen LogP contribution >= 0.6 is 0 Å². The van der Waals surface area contributed by atoms with Crippen LogP contribution in [0.25, 0.3) is 0 Å². The standard InChI is InChI=1S/C17H34O.C2H4O2/c1-2-3-4-5-6-7-8-9-10-11-12-13-14-15-16-17-18;1-2(3)4/h6-7,18H,2-5,8-17H2,1H3;1H3,(H,3,4). The van der Waals surface area contributed by atoms with E-state index in [1.54, 1.807) is 0 Å². The summed E-state index contributed by atoms with van der Waals surface area (Å²) in [6.07, 6.45) is 21.7. The Kier molecular flexibility index (Phi) is 23.9. The predicted octanol–water partition coefficient (Wildman–Crippen LogP) is 5.72. The Morgan fingerprint density at radius 3 is 1.55 bits per heavy atom. The molecule has 3 heteroatoms. The molecule has 132 valence electrons. The van der Waals surface area contributed by atoms with Crippen molar-refractivity contribution in [3.63, 3.8) is 0 Å². The molecular weight excluding hydrogens is 276 g/mol. The van der Waals surface area contributed by atoms with Gasteiger partial charge in [-0.3, -0.25) is 4.79 Å². The van der Waals surface area contributed by atoms with Gasteiger partial charge in [0.2, 0.25) is 0 Å². The van der Waals surface area contributed by atoms with Crippen LogP contribution in [-0.4, -0.2) is 22.8 Å². The molecule has 3 nitrogen and oxygen atoms in total. The topological polar surface area (TPSA) is 57.5 Å². The number of aliphatic hydroxyl groups is 1. The lowest BCUT2D eigenvalue weighted by atomic mass is 10.1. The number of aliphatic carboxylic acids is 1. The summed E-state index contributed by atoms with van der Waals surface area (Å²) in [5.74, 6) is -0.833. The van der Waals surface area contributed by atoms with Gasteiger partial charge in [-0.25, -0.2) is 0 Å². The van der Waals surface area contributed by atoms with E-state index >= 15 is 0 Å². The van der Waals surface area contributed by atoms with Crippen LogP contribution in [0, 0.1) is 0 Å². The molecule has 0 aromatic rings. The Hall–Kier alpha value is -0.830. The van der Waals surface area contributed by atoms with Crippen molar-refractivity contribution < 1.29 is 15.0 Å². The second-order valence-electron chi connectivity index (χ2n) is 5.83. The van der Waals surface area contributed by atoms with E-state index in [0.29, 0.717) is 6.61 Å². The smallest absolute Gasteiger partial charge is 0.300 e. The maximum absolute atomic E-state index is 9.00. The van der Waals surface area contributed by atoms with Crippen LogP contribution in [0.1, 0.15) is 97.3 Å². The summed E-state index contributed by atoms with van der Waals surface area (Å²) in [5, 5.41) is 16.1. The molecule has 0 heterocycles. The predicted molar refractivity (Wildman–Crippen MR) is 95.2 cm³/mol. The molecule has 0 unspecified atom stereocenters. The molecule has 0 aromatic heterocycles. The summed E-state index contributed by atoms with van der Waals surface area (Å²) in [4.78, 5) is 9.00. The van der Waals surface area contributed by atoms with Crippen molar-refractivity contribution >= 4 is 5.97 Å². The Labute approximate surface area is 137 Å². The van der Waals surface area contributed by atoms with Crippen molar-refractivity contribution in [2.45, 2.75) is 97.3 Å². The van der Waals surface area contributed by atoms with Crippen LogP contribution in [0.4, 0.5) is 0 Å². The van der Waals surface area contributed by atoms with Gasteiger partial charge in [0.1, 0.15) is 0 Å². The Balaban J connectivity index is 0. The third-order valence-electron chi connectivity index (χ3n) is 3.42. The van der Waals surface area contributed by atoms with Gasteiger partial charge in [0.25, 0.3) is 5.97 Å². The van der Waals surface area contributed by atoms with Crippen molar-refractivity contribution in [3.8, 4) is 0 Å². The molecule has 0 saturated carbocycles. The van der Waals surface area contributed by atoms with E-state index in [2.05, 4.69) is 19.1 Å². The lowest BCUT2D eigenvalue weighted by Gasteiger charge is -2.00. The highest BCUT2D eigenvalue weighted by Gasteiger charge is 1.91. The molecule has 0 atom stereocenters. The molecule has 0 spiro atoms. The Morgan fingerprint density at radius 1 is 0.773 bits per heavy atom. The van der Waals surface area contributed by atoms with E-state index in [9.17, 15) is 0 Å². The van der Waals surface area contributed by atoms with Gasteiger partial charge >= 0.3 is 0 Å². The third kappa shape index (κ3) is 31.5. The van der Waals surface area contributed by atoms with E-state index in [1.165, 1.54) is 77.0 Å². The number of carboxylic acid groups (broad SMARTS) is 1. The normalized spacial score (nSPS) is 10.5. The average molecular weight is 315 g/mol. The molecule has 22 heavy (non-hydrogen) atoms. The molecule has 0 aliphatic heterocycles. The van der Waals surface area contributed by atoms with E-state index < -0.39 is 5.97 Å².